The summed E-state index contributed by atoms with van der Waals surface area (Å²) in [6.45, 7) is 0.616. The molecule has 4 aromatic rings. The second-order valence-electron chi connectivity index (χ2n) is 7.28. The highest BCUT2D eigenvalue weighted by atomic mass is 16.1. The summed E-state index contributed by atoms with van der Waals surface area (Å²) >= 11 is 0. The molecule has 4 rings (SSSR count). The van der Waals surface area contributed by atoms with Crippen LogP contribution in [0, 0.1) is 11.3 Å². The fraction of sp³-hybridized carbons (Fsp3) is 0.125. The third-order valence-corrected chi connectivity index (χ3v) is 5.39. The van der Waals surface area contributed by atoms with Crippen molar-refractivity contribution in [3.8, 4) is 6.07 Å². The second-order valence-corrected chi connectivity index (χ2v) is 7.28. The smallest absolute Gasteiger partial charge is 0.272 e. The van der Waals surface area contributed by atoms with Crippen molar-refractivity contribution in [1.82, 2.24) is 20.0 Å². The van der Waals surface area contributed by atoms with E-state index >= 15 is 0 Å². The summed E-state index contributed by atoms with van der Waals surface area (Å²) in [5.74, 6) is 0. The summed E-state index contributed by atoms with van der Waals surface area (Å²) in [5, 5.41) is 21.9. The fourth-order valence-corrected chi connectivity index (χ4v) is 3.79. The number of fused-ring (bicyclic) bond motifs is 1. The van der Waals surface area contributed by atoms with Gasteiger partial charge in [-0.25, -0.2) is 9.78 Å². The van der Waals surface area contributed by atoms with Crippen LogP contribution in [0.3, 0.4) is 0 Å². The van der Waals surface area contributed by atoms with Gasteiger partial charge in [0, 0.05) is 30.8 Å². The number of hydrogen-bond donors (Lipinski definition) is 3. The molecule has 9 nitrogen and oxygen atoms in total. The van der Waals surface area contributed by atoms with Gasteiger partial charge in [0.2, 0.25) is 0 Å². The quantitative estimate of drug-likeness (QED) is 0.391. The molecule has 0 aliphatic rings. The lowest BCUT2D eigenvalue weighted by atomic mass is 9.95. The van der Waals surface area contributed by atoms with Gasteiger partial charge in [0.1, 0.15) is 11.8 Å². The Bertz CT molecular complexity index is 1470. The summed E-state index contributed by atoms with van der Waals surface area (Å²) in [4.78, 5) is 16.6. The lowest BCUT2D eigenvalue weighted by Gasteiger charge is -2.12. The molecule has 2 aromatic carbocycles. The van der Waals surface area contributed by atoms with Crippen LogP contribution >= 0.6 is 0 Å². The molecule has 0 fully saturated rings. The lowest BCUT2D eigenvalue weighted by Crippen LogP contribution is -2.14. The van der Waals surface area contributed by atoms with Gasteiger partial charge in [-0.1, -0.05) is 36.4 Å². The monoisotopic (exact) mass is 438 g/mol. The SMILES string of the molecule is CN=C(C(=CN)c1ccc2c(=O)[nH]nc(CN)c2c1)c1cnn(Cc2ccccc2)c1C#N. The largest absolute Gasteiger partial charge is 0.404 e. The fourth-order valence-electron chi connectivity index (χ4n) is 3.79. The van der Waals surface area contributed by atoms with Crippen LogP contribution in [-0.2, 0) is 13.1 Å². The first-order valence-electron chi connectivity index (χ1n) is 10.2. The van der Waals surface area contributed by atoms with E-state index in [-0.39, 0.29) is 12.1 Å². The van der Waals surface area contributed by atoms with E-state index in [2.05, 4.69) is 26.4 Å². The van der Waals surface area contributed by atoms with Gasteiger partial charge in [-0.05, 0) is 23.3 Å². The Morgan fingerprint density at radius 2 is 2.03 bits per heavy atom. The molecule has 0 bridgehead atoms. The first-order chi connectivity index (χ1) is 16.1. The van der Waals surface area contributed by atoms with Crippen LogP contribution in [0.5, 0.6) is 0 Å². The summed E-state index contributed by atoms with van der Waals surface area (Å²) in [6.07, 6.45) is 3.05. The van der Waals surface area contributed by atoms with E-state index in [1.54, 1.807) is 30.1 Å². The predicted octanol–water partition coefficient (Wildman–Crippen LogP) is 1.92. The molecule has 33 heavy (non-hydrogen) atoms. The molecule has 0 spiro atoms. The third-order valence-electron chi connectivity index (χ3n) is 5.39. The van der Waals surface area contributed by atoms with Crippen molar-refractivity contribution < 1.29 is 0 Å². The number of benzene rings is 2. The molecule has 0 aliphatic carbocycles. The Labute approximate surface area is 189 Å². The van der Waals surface area contributed by atoms with Gasteiger partial charge in [-0.2, -0.15) is 15.5 Å². The van der Waals surface area contributed by atoms with Crippen molar-refractivity contribution in [2.24, 2.45) is 16.5 Å². The van der Waals surface area contributed by atoms with Crippen LogP contribution in [0.15, 0.2) is 70.7 Å². The van der Waals surface area contributed by atoms with Crippen LogP contribution in [-0.4, -0.2) is 32.7 Å². The number of aromatic amines is 1. The van der Waals surface area contributed by atoms with E-state index < -0.39 is 0 Å². The van der Waals surface area contributed by atoms with Crippen molar-refractivity contribution >= 4 is 22.1 Å². The summed E-state index contributed by atoms with van der Waals surface area (Å²) < 4.78 is 1.64. The van der Waals surface area contributed by atoms with Gasteiger partial charge < -0.3 is 11.5 Å². The number of nitrogens with one attached hydrogen (secondary N) is 1. The summed E-state index contributed by atoms with van der Waals surface area (Å²) in [6, 6.07) is 17.3. The van der Waals surface area contributed by atoms with E-state index in [1.165, 1.54) is 6.20 Å². The molecule has 0 atom stereocenters. The number of nitrogens with zero attached hydrogens (tertiary/aromatic N) is 5. The maximum Gasteiger partial charge on any atom is 0.272 e. The molecular formula is C24H22N8O. The topological polar surface area (TPSA) is 152 Å². The van der Waals surface area contributed by atoms with E-state index in [1.807, 2.05) is 36.4 Å². The number of aliphatic imine (C=N–C) groups is 1. The van der Waals surface area contributed by atoms with E-state index in [9.17, 15) is 10.1 Å². The predicted molar refractivity (Wildman–Crippen MR) is 127 cm³/mol. The standard InChI is InChI=1S/C24H22N8O/c1-28-23(20-13-29-32(22(20)12-27)14-15-5-3-2-4-6-15)19(10-25)16-7-8-17-18(9-16)21(11-26)30-31-24(17)33/h2-10,13H,11,14,25-26H2,1H3,(H,31,33). The lowest BCUT2D eigenvalue weighted by molar-refractivity contribution is 0.677. The van der Waals surface area contributed by atoms with Gasteiger partial charge in [0.25, 0.3) is 5.56 Å². The van der Waals surface area contributed by atoms with Crippen LogP contribution in [0.2, 0.25) is 0 Å². The molecule has 2 aromatic heterocycles. The average molecular weight is 438 g/mol. The van der Waals surface area contributed by atoms with Gasteiger partial charge in [0.15, 0.2) is 0 Å². The molecule has 9 heteroatoms. The van der Waals surface area contributed by atoms with Gasteiger partial charge in [0.05, 0.1) is 35.1 Å². The average Bonchev–Trinajstić information content (AvgIpc) is 3.25. The minimum Gasteiger partial charge on any atom is -0.404 e. The van der Waals surface area contributed by atoms with E-state index in [0.717, 1.165) is 5.56 Å². The zero-order valence-electron chi connectivity index (χ0n) is 18.0. The number of aromatic nitrogens is 4. The Balaban J connectivity index is 1.79. The van der Waals surface area contributed by atoms with Crippen LogP contribution in [0.25, 0.3) is 16.3 Å². The van der Waals surface area contributed by atoms with Crippen molar-refractivity contribution in [1.29, 1.82) is 5.26 Å². The first-order valence-corrected chi connectivity index (χ1v) is 10.2. The maximum absolute atomic E-state index is 12.2. The molecule has 164 valence electrons. The van der Waals surface area contributed by atoms with Crippen LogP contribution < -0.4 is 17.0 Å². The normalized spacial score (nSPS) is 12.2. The number of nitrogens with two attached hydrogens (primary N) is 2. The third kappa shape index (κ3) is 4.03. The minimum atomic E-state index is -0.301. The minimum absolute atomic E-state index is 0.165. The second kappa shape index (κ2) is 9.30. The van der Waals surface area contributed by atoms with Gasteiger partial charge >= 0.3 is 0 Å². The number of hydrogen-bond acceptors (Lipinski definition) is 7. The number of nitriles is 1. The maximum atomic E-state index is 12.2. The van der Waals surface area contributed by atoms with E-state index in [0.29, 0.717) is 51.1 Å². The van der Waals surface area contributed by atoms with Crippen molar-refractivity contribution in [3.63, 3.8) is 0 Å². The molecule has 5 N–H and O–H groups in total. The molecule has 0 unspecified atom stereocenters. The van der Waals surface area contributed by atoms with Crippen LogP contribution in [0.1, 0.15) is 28.1 Å². The highest BCUT2D eigenvalue weighted by Gasteiger charge is 2.20. The number of allylic oxidation sites excluding steroid dienone is 1. The molecule has 0 aliphatic heterocycles. The van der Waals surface area contributed by atoms with Crippen molar-refractivity contribution in [3.05, 3.63) is 99.4 Å². The summed E-state index contributed by atoms with van der Waals surface area (Å²) in [5.41, 5.74) is 15.9. The molecule has 0 amide bonds. The summed E-state index contributed by atoms with van der Waals surface area (Å²) in [7, 11) is 1.63. The number of H-pyrrole nitrogens is 1. The zero-order valence-corrected chi connectivity index (χ0v) is 18.0. The molecule has 0 radical (unpaired) electrons. The highest BCUT2D eigenvalue weighted by Crippen LogP contribution is 2.26. The van der Waals surface area contributed by atoms with Gasteiger partial charge in [-0.3, -0.25) is 9.79 Å². The highest BCUT2D eigenvalue weighted by molar-refractivity contribution is 6.32. The van der Waals surface area contributed by atoms with E-state index in [4.69, 9.17) is 11.5 Å². The van der Waals surface area contributed by atoms with Crippen LogP contribution in [0.4, 0.5) is 0 Å². The number of rotatable bonds is 6. The molecule has 0 saturated carbocycles. The van der Waals surface area contributed by atoms with Gasteiger partial charge in [-0.15, -0.1) is 0 Å². The Morgan fingerprint density at radius 3 is 2.70 bits per heavy atom. The van der Waals surface area contributed by atoms with Crippen molar-refractivity contribution in [2.45, 2.75) is 13.1 Å². The molecule has 2 heterocycles. The Kier molecular flexibility index (Phi) is 6.11. The Morgan fingerprint density at radius 1 is 1.24 bits per heavy atom. The first kappa shape index (κ1) is 21.7. The molecular weight excluding hydrogens is 416 g/mol. The Hall–Kier alpha value is -4.55. The zero-order chi connectivity index (χ0) is 23.4. The molecule has 0 saturated heterocycles. The van der Waals surface area contributed by atoms with Crippen molar-refractivity contribution in [2.75, 3.05) is 7.05 Å².